The molecule has 0 radical (unpaired) electrons. The quantitative estimate of drug-likeness (QED) is 0.411. The van der Waals surface area contributed by atoms with Crippen LogP contribution in [-0.4, -0.2) is 33.8 Å². The average molecular weight is 184 g/mol. The predicted molar refractivity (Wildman–Crippen MR) is 45.5 cm³/mol. The van der Waals surface area contributed by atoms with Crippen molar-refractivity contribution in [1.82, 2.24) is 15.3 Å². The average Bonchev–Trinajstić information content (AvgIpc) is 2.56. The van der Waals surface area contributed by atoms with Crippen LogP contribution < -0.4 is 11.1 Å². The summed E-state index contributed by atoms with van der Waals surface area (Å²) in [7, 11) is 0. The molecular formula is C7H12N4O2. The molecule has 1 unspecified atom stereocenters. The molecular weight excluding hydrogens is 172 g/mol. The maximum absolute atomic E-state index is 10.4. The van der Waals surface area contributed by atoms with E-state index in [1.165, 1.54) is 0 Å². The van der Waals surface area contributed by atoms with Gasteiger partial charge in [-0.15, -0.1) is 0 Å². The highest BCUT2D eigenvalue weighted by Gasteiger charge is 2.08. The van der Waals surface area contributed by atoms with E-state index >= 15 is 0 Å². The standard InChI is InChI=1S/C7H12N4O2/c8-6(12)7(13)10-2-1-5-3-9-4-11-5/h3-4,7,10,13H,1-2H2,(H2,8,12)(H,9,11). The molecule has 1 amide bonds. The van der Waals surface area contributed by atoms with Crippen LogP contribution in [0.2, 0.25) is 0 Å². The largest absolute Gasteiger partial charge is 0.370 e. The van der Waals surface area contributed by atoms with Crippen LogP contribution in [0.5, 0.6) is 0 Å². The SMILES string of the molecule is NC(=O)C(O)NCCc1c[nH]cn1. The van der Waals surface area contributed by atoms with E-state index in [-0.39, 0.29) is 0 Å². The molecule has 1 heterocycles. The third-order valence-corrected chi connectivity index (χ3v) is 1.54. The number of aliphatic hydroxyl groups excluding tert-OH is 1. The number of aliphatic hydroxyl groups is 1. The molecule has 72 valence electrons. The Morgan fingerprint density at radius 2 is 2.62 bits per heavy atom. The number of nitrogens with two attached hydrogens (primary N) is 1. The first-order chi connectivity index (χ1) is 6.20. The van der Waals surface area contributed by atoms with Gasteiger partial charge < -0.3 is 15.8 Å². The molecule has 0 saturated carbocycles. The lowest BCUT2D eigenvalue weighted by atomic mass is 10.3. The van der Waals surface area contributed by atoms with E-state index in [1.54, 1.807) is 12.5 Å². The normalized spacial score (nSPS) is 12.7. The summed E-state index contributed by atoms with van der Waals surface area (Å²) in [5, 5.41) is 11.5. The number of aromatic amines is 1. The van der Waals surface area contributed by atoms with Gasteiger partial charge in [0.05, 0.1) is 12.0 Å². The van der Waals surface area contributed by atoms with Crippen LogP contribution in [0.15, 0.2) is 12.5 Å². The fourth-order valence-corrected chi connectivity index (χ4v) is 0.865. The fraction of sp³-hybridized carbons (Fsp3) is 0.429. The number of amides is 1. The maximum atomic E-state index is 10.4. The molecule has 0 fully saturated rings. The van der Waals surface area contributed by atoms with Gasteiger partial charge in [0.25, 0.3) is 5.91 Å². The Labute approximate surface area is 75.2 Å². The van der Waals surface area contributed by atoms with Gasteiger partial charge in [-0.3, -0.25) is 10.1 Å². The van der Waals surface area contributed by atoms with Crippen molar-refractivity contribution in [2.45, 2.75) is 12.6 Å². The molecule has 6 heteroatoms. The van der Waals surface area contributed by atoms with E-state index < -0.39 is 12.1 Å². The first kappa shape index (κ1) is 9.69. The van der Waals surface area contributed by atoms with Gasteiger partial charge in [0.2, 0.25) is 0 Å². The van der Waals surface area contributed by atoms with Crippen molar-refractivity contribution in [2.24, 2.45) is 5.73 Å². The highest BCUT2D eigenvalue weighted by Crippen LogP contribution is 1.90. The van der Waals surface area contributed by atoms with Crippen LogP contribution in [0.3, 0.4) is 0 Å². The molecule has 0 saturated heterocycles. The van der Waals surface area contributed by atoms with Gasteiger partial charge in [0, 0.05) is 19.2 Å². The van der Waals surface area contributed by atoms with E-state index in [2.05, 4.69) is 15.3 Å². The second-order valence-corrected chi connectivity index (χ2v) is 2.57. The summed E-state index contributed by atoms with van der Waals surface area (Å²) >= 11 is 0. The first-order valence-corrected chi connectivity index (χ1v) is 3.88. The molecule has 0 aliphatic heterocycles. The number of primary amides is 1. The predicted octanol–water partition coefficient (Wildman–Crippen LogP) is -1.65. The molecule has 1 aromatic heterocycles. The monoisotopic (exact) mass is 184 g/mol. The van der Waals surface area contributed by atoms with Crippen molar-refractivity contribution in [3.05, 3.63) is 18.2 Å². The molecule has 0 aliphatic rings. The number of nitrogens with one attached hydrogen (secondary N) is 2. The summed E-state index contributed by atoms with van der Waals surface area (Å²) in [5.74, 6) is -0.776. The lowest BCUT2D eigenvalue weighted by Gasteiger charge is -2.07. The van der Waals surface area contributed by atoms with Gasteiger partial charge in [-0.1, -0.05) is 0 Å². The molecule has 1 atom stereocenters. The van der Waals surface area contributed by atoms with E-state index in [9.17, 15) is 4.79 Å². The minimum absolute atomic E-state index is 0.453. The first-order valence-electron chi connectivity index (χ1n) is 3.88. The number of carbonyl (C=O) groups is 1. The van der Waals surface area contributed by atoms with Crippen LogP contribution >= 0.6 is 0 Å². The van der Waals surface area contributed by atoms with Crippen LogP contribution in [0.4, 0.5) is 0 Å². The summed E-state index contributed by atoms with van der Waals surface area (Å²) in [6.07, 6.45) is 2.67. The van der Waals surface area contributed by atoms with Crippen LogP contribution in [0, 0.1) is 0 Å². The number of rotatable bonds is 5. The molecule has 1 rings (SSSR count). The molecule has 0 bridgehead atoms. The lowest BCUT2D eigenvalue weighted by molar-refractivity contribution is -0.127. The molecule has 0 aliphatic carbocycles. The third kappa shape index (κ3) is 3.22. The lowest BCUT2D eigenvalue weighted by Crippen LogP contribution is -2.41. The Bertz CT molecular complexity index is 259. The zero-order valence-electron chi connectivity index (χ0n) is 7.03. The Balaban J connectivity index is 2.18. The van der Waals surface area contributed by atoms with Crippen molar-refractivity contribution in [1.29, 1.82) is 0 Å². The summed E-state index contributed by atoms with van der Waals surface area (Å²) in [6, 6.07) is 0. The summed E-state index contributed by atoms with van der Waals surface area (Å²) in [4.78, 5) is 17.1. The number of hydrogen-bond donors (Lipinski definition) is 4. The van der Waals surface area contributed by atoms with Crippen molar-refractivity contribution in [3.63, 3.8) is 0 Å². The Morgan fingerprint density at radius 3 is 3.15 bits per heavy atom. The topological polar surface area (TPSA) is 104 Å². The number of aromatic nitrogens is 2. The summed E-state index contributed by atoms with van der Waals surface area (Å²) in [6.45, 7) is 0.453. The third-order valence-electron chi connectivity index (χ3n) is 1.54. The minimum Gasteiger partial charge on any atom is -0.370 e. The van der Waals surface area contributed by atoms with Crippen molar-refractivity contribution >= 4 is 5.91 Å². The molecule has 13 heavy (non-hydrogen) atoms. The van der Waals surface area contributed by atoms with Gasteiger partial charge in [-0.05, 0) is 0 Å². The fourth-order valence-electron chi connectivity index (χ4n) is 0.865. The second-order valence-electron chi connectivity index (χ2n) is 2.57. The zero-order valence-corrected chi connectivity index (χ0v) is 7.03. The number of imidazole rings is 1. The minimum atomic E-state index is -1.28. The molecule has 0 spiro atoms. The zero-order chi connectivity index (χ0) is 9.68. The van der Waals surface area contributed by atoms with E-state index in [1.807, 2.05) is 0 Å². The van der Waals surface area contributed by atoms with Crippen molar-refractivity contribution in [2.75, 3.05) is 6.54 Å². The number of H-pyrrole nitrogens is 1. The highest BCUT2D eigenvalue weighted by molar-refractivity contribution is 5.77. The number of carbonyl (C=O) groups excluding carboxylic acids is 1. The Hall–Kier alpha value is -1.40. The van der Waals surface area contributed by atoms with E-state index in [4.69, 9.17) is 10.8 Å². The molecule has 5 N–H and O–H groups in total. The van der Waals surface area contributed by atoms with E-state index in [0.29, 0.717) is 13.0 Å². The van der Waals surface area contributed by atoms with Crippen LogP contribution in [-0.2, 0) is 11.2 Å². The smallest absolute Gasteiger partial charge is 0.261 e. The van der Waals surface area contributed by atoms with Gasteiger partial charge >= 0.3 is 0 Å². The van der Waals surface area contributed by atoms with Gasteiger partial charge in [0.15, 0.2) is 6.23 Å². The van der Waals surface area contributed by atoms with E-state index in [0.717, 1.165) is 5.69 Å². The molecule has 0 aromatic carbocycles. The van der Waals surface area contributed by atoms with Crippen molar-refractivity contribution in [3.8, 4) is 0 Å². The van der Waals surface area contributed by atoms with Gasteiger partial charge in [-0.2, -0.15) is 0 Å². The number of nitrogens with zero attached hydrogens (tertiary/aromatic N) is 1. The Kier molecular flexibility index (Phi) is 3.41. The second kappa shape index (κ2) is 4.58. The number of hydrogen-bond acceptors (Lipinski definition) is 4. The van der Waals surface area contributed by atoms with Crippen LogP contribution in [0.1, 0.15) is 5.69 Å². The summed E-state index contributed by atoms with van der Waals surface area (Å²) < 4.78 is 0. The Morgan fingerprint density at radius 1 is 1.85 bits per heavy atom. The maximum Gasteiger partial charge on any atom is 0.261 e. The highest BCUT2D eigenvalue weighted by atomic mass is 16.3. The van der Waals surface area contributed by atoms with Crippen LogP contribution in [0.25, 0.3) is 0 Å². The molecule has 1 aromatic rings. The summed E-state index contributed by atoms with van der Waals surface area (Å²) in [5.41, 5.74) is 5.69. The molecule has 6 nitrogen and oxygen atoms in total. The van der Waals surface area contributed by atoms with Gasteiger partial charge in [0.1, 0.15) is 0 Å². The van der Waals surface area contributed by atoms with Gasteiger partial charge in [-0.25, -0.2) is 4.98 Å². The van der Waals surface area contributed by atoms with Crippen molar-refractivity contribution < 1.29 is 9.90 Å².